The van der Waals surface area contributed by atoms with Crippen LogP contribution in [0.25, 0.3) is 0 Å². The van der Waals surface area contributed by atoms with Gasteiger partial charge in [0.25, 0.3) is 0 Å². The average Bonchev–Trinajstić information content (AvgIpc) is 2.58. The van der Waals surface area contributed by atoms with Crippen molar-refractivity contribution in [2.24, 2.45) is 0 Å². The molecule has 0 aromatic carbocycles. The van der Waals surface area contributed by atoms with Gasteiger partial charge in [-0.2, -0.15) is 0 Å². The van der Waals surface area contributed by atoms with E-state index < -0.39 is 17.9 Å². The summed E-state index contributed by atoms with van der Waals surface area (Å²) < 4.78 is 14.3. The van der Waals surface area contributed by atoms with Crippen molar-refractivity contribution in [3.05, 3.63) is 46.3 Å². The predicted octanol–water partition coefficient (Wildman–Crippen LogP) is 0.845. The molecule has 0 saturated carbocycles. The van der Waals surface area contributed by atoms with Crippen LogP contribution in [0.1, 0.15) is 6.92 Å². The van der Waals surface area contributed by atoms with E-state index in [4.69, 9.17) is 14.2 Å². The lowest BCUT2D eigenvalue weighted by atomic mass is 9.91. The zero-order chi connectivity index (χ0) is 17.1. The lowest BCUT2D eigenvalue weighted by Crippen LogP contribution is -2.37. The number of carbonyl (C=O) groups excluding carboxylic acids is 3. The quantitative estimate of drug-likeness (QED) is 0.563. The van der Waals surface area contributed by atoms with E-state index in [-0.39, 0.29) is 23.3 Å². The highest BCUT2D eigenvalue weighted by atomic mass is 16.5. The van der Waals surface area contributed by atoms with E-state index in [2.05, 4.69) is 0 Å². The van der Waals surface area contributed by atoms with Crippen molar-refractivity contribution in [3.63, 3.8) is 0 Å². The first-order chi connectivity index (χ1) is 11.0. The number of fused-ring (bicyclic) bond motifs is 1. The summed E-state index contributed by atoms with van der Waals surface area (Å²) in [6.07, 6.45) is 5.26. The fourth-order valence-electron chi connectivity index (χ4n) is 2.52. The first-order valence-electron chi connectivity index (χ1n) is 6.81. The summed E-state index contributed by atoms with van der Waals surface area (Å²) in [6.45, 7) is 1.93. The van der Waals surface area contributed by atoms with Crippen LogP contribution in [-0.4, -0.2) is 50.7 Å². The van der Waals surface area contributed by atoms with Gasteiger partial charge in [-0.05, 0) is 19.1 Å². The number of hydrogen-bond acceptors (Lipinski definition) is 7. The Balaban J connectivity index is 2.77. The Morgan fingerprint density at radius 3 is 2.09 bits per heavy atom. The Hall–Kier alpha value is -2.83. The van der Waals surface area contributed by atoms with E-state index in [1.54, 1.807) is 17.1 Å². The van der Waals surface area contributed by atoms with Crippen LogP contribution < -0.4 is 0 Å². The van der Waals surface area contributed by atoms with Gasteiger partial charge in [0.2, 0.25) is 0 Å². The summed E-state index contributed by atoms with van der Waals surface area (Å²) in [5.41, 5.74) is 1.19. The molecule has 0 fully saturated rings. The molecule has 0 N–H and O–H groups in total. The minimum atomic E-state index is -0.793. The number of methoxy groups -OCH3 is 3. The molecule has 0 bridgehead atoms. The molecule has 2 aliphatic heterocycles. The van der Waals surface area contributed by atoms with Crippen molar-refractivity contribution in [1.82, 2.24) is 4.90 Å². The van der Waals surface area contributed by atoms with Gasteiger partial charge in [-0.3, -0.25) is 0 Å². The zero-order valence-electron chi connectivity index (χ0n) is 13.3. The van der Waals surface area contributed by atoms with Crippen molar-refractivity contribution in [1.29, 1.82) is 0 Å². The third kappa shape index (κ3) is 2.77. The molecular formula is C16H17NO6. The number of rotatable bonds is 3. The standard InChI is InChI=1S/C16H17NO6/c1-9-6-5-7-11-13(16(20)23-4)12(15(19)22-3)10(8-17(9)11)14(18)21-2/h5-7H,8H2,1-4H3. The first-order valence-corrected chi connectivity index (χ1v) is 6.81. The summed E-state index contributed by atoms with van der Waals surface area (Å²) in [4.78, 5) is 38.3. The van der Waals surface area contributed by atoms with Crippen LogP contribution in [-0.2, 0) is 28.6 Å². The average molecular weight is 319 g/mol. The van der Waals surface area contributed by atoms with Crippen LogP contribution in [0.2, 0.25) is 0 Å². The predicted molar refractivity (Wildman–Crippen MR) is 79.7 cm³/mol. The molecule has 7 nitrogen and oxygen atoms in total. The van der Waals surface area contributed by atoms with Crippen LogP contribution in [0.15, 0.2) is 46.3 Å². The summed E-state index contributed by atoms with van der Waals surface area (Å²) in [5, 5.41) is 0. The molecule has 122 valence electrons. The normalized spacial score (nSPS) is 16.7. The van der Waals surface area contributed by atoms with Crippen LogP contribution in [0.3, 0.4) is 0 Å². The summed E-state index contributed by atoms with van der Waals surface area (Å²) in [5.74, 6) is -2.22. The first kappa shape index (κ1) is 16.5. The van der Waals surface area contributed by atoms with Gasteiger partial charge in [0.1, 0.15) is 0 Å². The van der Waals surface area contributed by atoms with Crippen molar-refractivity contribution >= 4 is 17.9 Å². The number of hydrogen-bond donors (Lipinski definition) is 0. The highest BCUT2D eigenvalue weighted by molar-refractivity contribution is 6.13. The van der Waals surface area contributed by atoms with E-state index in [0.29, 0.717) is 5.70 Å². The van der Waals surface area contributed by atoms with Gasteiger partial charge in [-0.1, -0.05) is 6.08 Å². The molecule has 2 rings (SSSR count). The Morgan fingerprint density at radius 2 is 1.52 bits per heavy atom. The Kier molecular flexibility index (Phi) is 4.68. The van der Waals surface area contributed by atoms with Crippen LogP contribution in [0.4, 0.5) is 0 Å². The Bertz CT molecular complexity index is 695. The molecule has 0 aromatic rings. The number of nitrogens with zero attached hydrogens (tertiary/aromatic N) is 1. The molecule has 7 heteroatoms. The second-order valence-electron chi connectivity index (χ2n) is 4.84. The number of ether oxygens (including phenoxy) is 3. The van der Waals surface area contributed by atoms with E-state index in [1.807, 2.05) is 13.0 Å². The summed E-state index contributed by atoms with van der Waals surface area (Å²) >= 11 is 0. The van der Waals surface area contributed by atoms with E-state index >= 15 is 0 Å². The number of esters is 3. The SMILES string of the molecule is COC(=O)C1=C(C(=O)OC)C(C(=O)OC)=C2C=CC=C(C)N2C1. The Morgan fingerprint density at radius 1 is 0.957 bits per heavy atom. The maximum Gasteiger partial charge on any atom is 0.340 e. The lowest BCUT2D eigenvalue weighted by Gasteiger charge is -2.35. The van der Waals surface area contributed by atoms with E-state index in [9.17, 15) is 14.4 Å². The second-order valence-corrected chi connectivity index (χ2v) is 4.84. The van der Waals surface area contributed by atoms with Gasteiger partial charge in [0, 0.05) is 5.70 Å². The third-order valence-corrected chi connectivity index (χ3v) is 3.64. The molecule has 0 unspecified atom stereocenters. The molecular weight excluding hydrogens is 302 g/mol. The van der Waals surface area contributed by atoms with E-state index in [1.165, 1.54) is 21.3 Å². The Labute approximate surface area is 133 Å². The molecule has 0 aromatic heterocycles. The van der Waals surface area contributed by atoms with Gasteiger partial charge in [-0.25, -0.2) is 14.4 Å². The van der Waals surface area contributed by atoms with Gasteiger partial charge >= 0.3 is 17.9 Å². The highest BCUT2D eigenvalue weighted by Crippen LogP contribution is 2.34. The lowest BCUT2D eigenvalue weighted by molar-refractivity contribution is -0.141. The summed E-state index contributed by atoms with van der Waals surface area (Å²) in [7, 11) is 3.59. The fraction of sp³-hybridized carbons (Fsp3) is 0.312. The fourth-order valence-corrected chi connectivity index (χ4v) is 2.52. The van der Waals surface area contributed by atoms with Gasteiger partial charge in [0.05, 0.1) is 50.3 Å². The molecule has 23 heavy (non-hydrogen) atoms. The van der Waals surface area contributed by atoms with Crippen LogP contribution >= 0.6 is 0 Å². The third-order valence-electron chi connectivity index (χ3n) is 3.64. The highest BCUT2D eigenvalue weighted by Gasteiger charge is 2.38. The largest absolute Gasteiger partial charge is 0.466 e. The summed E-state index contributed by atoms with van der Waals surface area (Å²) in [6, 6.07) is 0. The molecule has 0 spiro atoms. The maximum absolute atomic E-state index is 12.3. The monoisotopic (exact) mass is 319 g/mol. The number of carbonyl (C=O) groups is 3. The van der Waals surface area contributed by atoms with Crippen molar-refractivity contribution in [2.75, 3.05) is 27.9 Å². The molecule has 2 aliphatic rings. The minimum absolute atomic E-state index is 0.0188. The zero-order valence-corrected chi connectivity index (χ0v) is 13.3. The van der Waals surface area contributed by atoms with Crippen molar-refractivity contribution in [2.45, 2.75) is 6.92 Å². The van der Waals surface area contributed by atoms with Crippen molar-refractivity contribution in [3.8, 4) is 0 Å². The smallest absolute Gasteiger partial charge is 0.340 e. The van der Waals surface area contributed by atoms with Gasteiger partial charge < -0.3 is 19.1 Å². The van der Waals surface area contributed by atoms with Crippen molar-refractivity contribution < 1.29 is 28.6 Å². The molecule has 0 atom stereocenters. The molecule has 2 heterocycles. The minimum Gasteiger partial charge on any atom is -0.466 e. The van der Waals surface area contributed by atoms with Crippen LogP contribution in [0.5, 0.6) is 0 Å². The molecule has 0 radical (unpaired) electrons. The molecule has 0 amide bonds. The number of allylic oxidation sites excluding steroid dienone is 4. The van der Waals surface area contributed by atoms with E-state index in [0.717, 1.165) is 5.70 Å². The molecule has 0 saturated heterocycles. The second kappa shape index (κ2) is 6.51. The molecule has 0 aliphatic carbocycles. The topological polar surface area (TPSA) is 82.1 Å². The van der Waals surface area contributed by atoms with Crippen LogP contribution in [0, 0.1) is 0 Å². The van der Waals surface area contributed by atoms with Gasteiger partial charge in [0.15, 0.2) is 0 Å². The maximum atomic E-state index is 12.3. The van der Waals surface area contributed by atoms with Gasteiger partial charge in [-0.15, -0.1) is 0 Å².